The summed E-state index contributed by atoms with van der Waals surface area (Å²) in [7, 11) is -2.85. The van der Waals surface area contributed by atoms with Gasteiger partial charge in [0.05, 0.1) is 32.7 Å². The molecular formula is C25H32N7O8P. The number of para-hydroxylation sites is 1. The second-order valence-corrected chi connectivity index (χ2v) is 11.2. The Morgan fingerprint density at radius 3 is 2.76 bits per heavy atom. The van der Waals surface area contributed by atoms with Crippen LogP contribution in [0.25, 0.3) is 11.2 Å². The van der Waals surface area contributed by atoms with Crippen LogP contribution in [0.15, 0.2) is 36.7 Å². The van der Waals surface area contributed by atoms with E-state index in [9.17, 15) is 19.7 Å². The standard InChI is InChI=1S/C25H32N7O8P/c1-5-11-37-22(34)15(2)31-41(35,40-16-9-7-6-8-10-16)38-12-17-19(33)25(3,13-26)23(39-17)32-14-28-18-20(32)29-24(27)30-21(18)36-4/h6-10,14-15,17,19,23,33H,5,11-12H2,1-4H3,(H,31,35)(H2,27,29,30). The van der Waals surface area contributed by atoms with Crippen LogP contribution in [0.2, 0.25) is 0 Å². The number of nitrogen functional groups attached to an aromatic ring is 1. The summed E-state index contributed by atoms with van der Waals surface area (Å²) in [6, 6.07) is 9.27. The number of ether oxygens (including phenoxy) is 3. The van der Waals surface area contributed by atoms with Crippen LogP contribution >= 0.6 is 7.75 Å². The summed E-state index contributed by atoms with van der Waals surface area (Å²) >= 11 is 0. The van der Waals surface area contributed by atoms with Gasteiger partial charge in [-0.3, -0.25) is 13.9 Å². The molecule has 4 rings (SSSR count). The van der Waals surface area contributed by atoms with E-state index in [2.05, 4.69) is 26.1 Å². The summed E-state index contributed by atoms with van der Waals surface area (Å²) in [4.78, 5) is 24.8. The molecule has 3 heterocycles. The van der Waals surface area contributed by atoms with E-state index in [1.165, 1.54) is 31.9 Å². The Labute approximate surface area is 236 Å². The number of nitriles is 1. The smallest absolute Gasteiger partial charge is 0.459 e. The van der Waals surface area contributed by atoms with Crippen molar-refractivity contribution in [2.75, 3.05) is 26.1 Å². The lowest BCUT2D eigenvalue weighted by Crippen LogP contribution is -2.39. The first kappa shape index (κ1) is 30.2. The average molecular weight is 590 g/mol. The highest BCUT2D eigenvalue weighted by atomic mass is 31.2. The Balaban J connectivity index is 1.59. The summed E-state index contributed by atoms with van der Waals surface area (Å²) in [6.45, 7) is 4.52. The van der Waals surface area contributed by atoms with Gasteiger partial charge in [-0.2, -0.15) is 20.3 Å². The van der Waals surface area contributed by atoms with Crippen molar-refractivity contribution in [2.45, 2.75) is 51.7 Å². The van der Waals surface area contributed by atoms with Gasteiger partial charge in [0.1, 0.15) is 29.4 Å². The van der Waals surface area contributed by atoms with Gasteiger partial charge in [-0.25, -0.2) is 9.55 Å². The zero-order valence-corrected chi connectivity index (χ0v) is 23.9. The first-order valence-electron chi connectivity index (χ1n) is 12.8. The lowest BCUT2D eigenvalue weighted by Gasteiger charge is -2.26. The fourth-order valence-electron chi connectivity index (χ4n) is 4.24. The van der Waals surface area contributed by atoms with Crippen LogP contribution in [-0.4, -0.2) is 69.2 Å². The molecule has 0 spiro atoms. The number of rotatable bonds is 12. The molecule has 6 unspecified atom stereocenters. The summed E-state index contributed by atoms with van der Waals surface area (Å²) < 4.78 is 43.1. The minimum absolute atomic E-state index is 0.0927. The van der Waals surface area contributed by atoms with Gasteiger partial charge >= 0.3 is 13.7 Å². The third kappa shape index (κ3) is 6.27. The second kappa shape index (κ2) is 12.4. The molecule has 1 aliphatic rings. The molecular weight excluding hydrogens is 557 g/mol. The number of hydrogen-bond donors (Lipinski definition) is 3. The van der Waals surface area contributed by atoms with E-state index in [1.807, 2.05) is 6.92 Å². The molecule has 0 aliphatic carbocycles. The number of imidazole rings is 1. The van der Waals surface area contributed by atoms with Crippen LogP contribution in [0.5, 0.6) is 11.6 Å². The van der Waals surface area contributed by atoms with Crippen LogP contribution in [0.4, 0.5) is 5.95 Å². The minimum Gasteiger partial charge on any atom is -0.479 e. The lowest BCUT2D eigenvalue weighted by molar-refractivity contribution is -0.145. The molecule has 4 N–H and O–H groups in total. The van der Waals surface area contributed by atoms with Gasteiger partial charge in [-0.1, -0.05) is 25.1 Å². The predicted molar refractivity (Wildman–Crippen MR) is 144 cm³/mol. The predicted octanol–water partition coefficient (Wildman–Crippen LogP) is 2.34. The maximum absolute atomic E-state index is 13.8. The number of aromatic nitrogens is 4. The molecule has 1 aliphatic heterocycles. The van der Waals surface area contributed by atoms with Gasteiger partial charge in [-0.15, -0.1) is 0 Å². The molecule has 1 fully saturated rings. The summed E-state index contributed by atoms with van der Waals surface area (Å²) in [5.41, 5.74) is 4.79. The van der Waals surface area contributed by atoms with Crippen LogP contribution < -0.4 is 20.1 Å². The Kier molecular flexibility index (Phi) is 9.11. The third-order valence-corrected chi connectivity index (χ3v) is 8.05. The van der Waals surface area contributed by atoms with Gasteiger partial charge in [0.25, 0.3) is 0 Å². The molecule has 1 saturated heterocycles. The summed E-state index contributed by atoms with van der Waals surface area (Å²) in [6.07, 6.45) is -1.69. The number of aliphatic hydroxyl groups excluding tert-OH is 1. The first-order chi connectivity index (χ1) is 19.5. The van der Waals surface area contributed by atoms with Crippen LogP contribution in [0.3, 0.4) is 0 Å². The van der Waals surface area contributed by atoms with Crippen molar-refractivity contribution in [3.8, 4) is 17.7 Å². The highest BCUT2D eigenvalue weighted by molar-refractivity contribution is 7.52. The van der Waals surface area contributed by atoms with E-state index < -0.39 is 50.2 Å². The number of nitrogens with two attached hydrogens (primary N) is 1. The minimum atomic E-state index is -4.25. The maximum atomic E-state index is 13.8. The largest absolute Gasteiger partial charge is 0.479 e. The van der Waals surface area contributed by atoms with Crippen molar-refractivity contribution in [3.05, 3.63) is 36.7 Å². The highest BCUT2D eigenvalue weighted by Crippen LogP contribution is 2.49. The topological polar surface area (TPSA) is 206 Å². The van der Waals surface area contributed by atoms with E-state index in [0.29, 0.717) is 6.42 Å². The summed E-state index contributed by atoms with van der Waals surface area (Å²) in [5, 5.41) is 23.9. The van der Waals surface area contributed by atoms with Crippen molar-refractivity contribution in [3.63, 3.8) is 0 Å². The molecule has 15 nitrogen and oxygen atoms in total. The van der Waals surface area contributed by atoms with Crippen molar-refractivity contribution in [1.82, 2.24) is 24.6 Å². The monoisotopic (exact) mass is 589 g/mol. The van der Waals surface area contributed by atoms with E-state index >= 15 is 0 Å². The van der Waals surface area contributed by atoms with Gasteiger partial charge in [0.2, 0.25) is 11.8 Å². The molecule has 0 radical (unpaired) electrons. The average Bonchev–Trinajstić information content (AvgIpc) is 3.48. The van der Waals surface area contributed by atoms with Crippen molar-refractivity contribution >= 4 is 30.8 Å². The number of fused-ring (bicyclic) bond motifs is 1. The first-order valence-corrected chi connectivity index (χ1v) is 14.3. The summed E-state index contributed by atoms with van der Waals surface area (Å²) in [5.74, 6) is -0.406. The number of nitrogens with one attached hydrogen (secondary N) is 1. The molecule has 0 saturated carbocycles. The lowest BCUT2D eigenvalue weighted by atomic mass is 9.84. The Morgan fingerprint density at radius 2 is 2.10 bits per heavy atom. The van der Waals surface area contributed by atoms with Crippen LogP contribution in [0, 0.1) is 16.7 Å². The zero-order chi connectivity index (χ0) is 29.8. The molecule has 3 aromatic rings. The number of anilines is 1. The number of aliphatic hydroxyl groups is 1. The number of carbonyl (C=O) groups excluding carboxylic acids is 1. The number of esters is 1. The van der Waals surface area contributed by atoms with Gasteiger partial charge in [0, 0.05) is 0 Å². The SMILES string of the molecule is CCCOC(=O)C(C)NP(=O)(OCC1OC(n2cnc3c(OC)nc(N)nc32)C(C)(C#N)C1O)Oc1ccccc1. The van der Waals surface area contributed by atoms with Crippen molar-refractivity contribution < 1.29 is 37.7 Å². The van der Waals surface area contributed by atoms with Crippen LogP contribution in [0.1, 0.15) is 33.4 Å². The number of benzene rings is 1. The molecule has 220 valence electrons. The Hall–Kier alpha value is -3.80. The third-order valence-electron chi connectivity index (χ3n) is 6.41. The number of nitrogens with zero attached hydrogens (tertiary/aromatic N) is 5. The van der Waals surface area contributed by atoms with Crippen molar-refractivity contribution in [2.24, 2.45) is 5.41 Å². The number of methoxy groups -OCH3 is 1. The van der Waals surface area contributed by atoms with Gasteiger partial charge in [-0.05, 0) is 32.4 Å². The van der Waals surface area contributed by atoms with Gasteiger partial charge < -0.3 is 29.6 Å². The molecule has 1 aromatic carbocycles. The molecule has 6 atom stereocenters. The van der Waals surface area contributed by atoms with Gasteiger partial charge in [0.15, 0.2) is 17.4 Å². The normalized spacial score (nSPS) is 24.3. The van der Waals surface area contributed by atoms with E-state index in [0.717, 1.165) is 0 Å². The highest BCUT2D eigenvalue weighted by Gasteiger charge is 2.55. The quantitative estimate of drug-likeness (QED) is 0.205. The Morgan fingerprint density at radius 1 is 1.37 bits per heavy atom. The molecule has 16 heteroatoms. The molecule has 0 bridgehead atoms. The fourth-order valence-corrected chi connectivity index (χ4v) is 5.74. The van der Waals surface area contributed by atoms with E-state index in [1.54, 1.807) is 30.3 Å². The number of hydrogen-bond acceptors (Lipinski definition) is 13. The Bertz CT molecular complexity index is 1470. The van der Waals surface area contributed by atoms with E-state index in [4.69, 9.17) is 29.0 Å². The van der Waals surface area contributed by atoms with E-state index in [-0.39, 0.29) is 35.3 Å². The molecule has 2 aromatic heterocycles. The molecule has 41 heavy (non-hydrogen) atoms. The second-order valence-electron chi connectivity index (χ2n) is 9.50. The van der Waals surface area contributed by atoms with Crippen molar-refractivity contribution in [1.29, 1.82) is 5.26 Å². The number of carbonyl (C=O) groups is 1. The molecule has 0 amide bonds. The van der Waals surface area contributed by atoms with Crippen LogP contribution in [-0.2, 0) is 23.4 Å². The maximum Gasteiger partial charge on any atom is 0.459 e. The zero-order valence-electron chi connectivity index (χ0n) is 23.0. The fraction of sp³-hybridized carbons (Fsp3) is 0.480.